The zero-order valence-corrected chi connectivity index (χ0v) is 17.3. The maximum atomic E-state index is 12.5. The second-order valence-electron chi connectivity index (χ2n) is 6.89. The van der Waals surface area contributed by atoms with Crippen molar-refractivity contribution in [3.05, 3.63) is 40.3 Å². The van der Waals surface area contributed by atoms with E-state index in [4.69, 9.17) is 0 Å². The average Bonchev–Trinajstić information content (AvgIpc) is 3.31. The number of amides is 1. The minimum Gasteiger partial charge on any atom is -0.350 e. The molecule has 2 aromatic heterocycles. The number of nitrogens with one attached hydrogen (secondary N) is 2. The molecule has 0 aliphatic carbocycles. The van der Waals surface area contributed by atoms with Gasteiger partial charge in [-0.05, 0) is 56.4 Å². The molecule has 0 radical (unpaired) electrons. The summed E-state index contributed by atoms with van der Waals surface area (Å²) in [6, 6.07) is 5.66. The van der Waals surface area contributed by atoms with E-state index in [1.54, 1.807) is 23.0 Å². The van der Waals surface area contributed by atoms with Gasteiger partial charge in [-0.25, -0.2) is 13.1 Å². The summed E-state index contributed by atoms with van der Waals surface area (Å²) in [4.78, 5) is 16.4. The second-order valence-corrected chi connectivity index (χ2v) is 9.81. The van der Waals surface area contributed by atoms with Crippen LogP contribution < -0.4 is 10.0 Å². The van der Waals surface area contributed by atoms with Crippen molar-refractivity contribution in [3.63, 3.8) is 0 Å². The molecule has 1 aliphatic heterocycles. The third-order valence-electron chi connectivity index (χ3n) is 5.01. The number of likely N-dealkylation sites (tertiary alicyclic amines) is 1. The van der Waals surface area contributed by atoms with Gasteiger partial charge in [0.1, 0.15) is 10.6 Å². The number of hydrogen-bond acceptors (Lipinski definition) is 5. The number of nitrogens with zero attached hydrogens (tertiary/aromatic N) is 2. The Bertz CT molecular complexity index is 867. The van der Waals surface area contributed by atoms with Crippen molar-refractivity contribution in [1.82, 2.24) is 19.5 Å². The highest BCUT2D eigenvalue weighted by Crippen LogP contribution is 2.20. The largest absolute Gasteiger partial charge is 0.350 e. The molecule has 2 N–H and O–H groups in total. The van der Waals surface area contributed by atoms with E-state index in [-0.39, 0.29) is 10.8 Å². The van der Waals surface area contributed by atoms with Gasteiger partial charge in [0.25, 0.3) is 5.91 Å². The number of carbonyl (C=O) groups is 1. The highest BCUT2D eigenvalue weighted by molar-refractivity contribution is 7.89. The van der Waals surface area contributed by atoms with E-state index in [0.29, 0.717) is 18.2 Å². The lowest BCUT2D eigenvalue weighted by molar-refractivity contribution is 0.0927. The standard InChI is InChI=1S/C18H26N4O3S2/c1-19-27(24,25)16-10-17(21(2)13-16)18(23)20-11-14-5-7-22(8-6-14)12-15-4-3-9-26-15/h3-4,9-10,13-14,19H,5-8,11-12H2,1-2H3,(H,20,23). The van der Waals surface area contributed by atoms with Crippen molar-refractivity contribution in [2.45, 2.75) is 24.3 Å². The molecule has 0 bridgehead atoms. The molecule has 148 valence electrons. The van der Waals surface area contributed by atoms with Gasteiger partial charge in [-0.2, -0.15) is 0 Å². The fourth-order valence-electron chi connectivity index (χ4n) is 3.32. The molecule has 3 rings (SSSR count). The van der Waals surface area contributed by atoms with Crippen LogP contribution in [0.15, 0.2) is 34.7 Å². The van der Waals surface area contributed by atoms with Crippen LogP contribution >= 0.6 is 11.3 Å². The van der Waals surface area contributed by atoms with Gasteiger partial charge in [0.2, 0.25) is 10.0 Å². The van der Waals surface area contributed by atoms with E-state index in [1.165, 1.54) is 24.2 Å². The van der Waals surface area contributed by atoms with Crippen molar-refractivity contribution in [3.8, 4) is 0 Å². The topological polar surface area (TPSA) is 83.4 Å². The molecule has 1 aliphatic rings. The van der Waals surface area contributed by atoms with Crippen molar-refractivity contribution in [2.75, 3.05) is 26.7 Å². The summed E-state index contributed by atoms with van der Waals surface area (Å²) in [6.07, 6.45) is 3.56. The zero-order chi connectivity index (χ0) is 19.4. The van der Waals surface area contributed by atoms with E-state index in [9.17, 15) is 13.2 Å². The number of sulfonamides is 1. The third-order valence-corrected chi connectivity index (χ3v) is 7.25. The fourth-order valence-corrected chi connectivity index (χ4v) is 4.87. The molecule has 9 heteroatoms. The molecular weight excluding hydrogens is 384 g/mol. The molecule has 0 saturated carbocycles. The summed E-state index contributed by atoms with van der Waals surface area (Å²) in [6.45, 7) is 3.69. The number of rotatable bonds is 7. The van der Waals surface area contributed by atoms with Crippen LogP contribution in [0, 0.1) is 5.92 Å². The van der Waals surface area contributed by atoms with Crippen LogP contribution in [0.1, 0.15) is 28.2 Å². The molecule has 1 amide bonds. The molecular formula is C18H26N4O3S2. The molecule has 0 atom stereocenters. The minimum absolute atomic E-state index is 0.0968. The van der Waals surface area contributed by atoms with Gasteiger partial charge in [-0.1, -0.05) is 6.07 Å². The molecule has 0 spiro atoms. The number of aromatic nitrogens is 1. The number of carbonyl (C=O) groups excluding carboxylic acids is 1. The number of piperidine rings is 1. The summed E-state index contributed by atoms with van der Waals surface area (Å²) in [5.41, 5.74) is 0.346. The highest BCUT2D eigenvalue weighted by atomic mass is 32.2. The first-order valence-corrected chi connectivity index (χ1v) is 11.4. The third kappa shape index (κ3) is 4.98. The normalized spacial score (nSPS) is 16.5. The lowest BCUT2D eigenvalue weighted by Gasteiger charge is -2.31. The first-order valence-electron chi connectivity index (χ1n) is 9.02. The smallest absolute Gasteiger partial charge is 0.267 e. The van der Waals surface area contributed by atoms with Gasteiger partial charge in [0, 0.05) is 31.2 Å². The molecule has 1 saturated heterocycles. The van der Waals surface area contributed by atoms with Crippen molar-refractivity contribution in [2.24, 2.45) is 13.0 Å². The van der Waals surface area contributed by atoms with Crippen LogP contribution in [0.3, 0.4) is 0 Å². The Hall–Kier alpha value is -1.68. The van der Waals surface area contributed by atoms with Gasteiger partial charge in [-0.15, -0.1) is 11.3 Å². The van der Waals surface area contributed by atoms with Crippen LogP contribution in [-0.2, 0) is 23.6 Å². The number of hydrogen-bond donors (Lipinski definition) is 2. The van der Waals surface area contributed by atoms with Crippen LogP contribution in [0.2, 0.25) is 0 Å². The lowest BCUT2D eigenvalue weighted by Crippen LogP contribution is -2.38. The molecule has 0 unspecified atom stereocenters. The summed E-state index contributed by atoms with van der Waals surface area (Å²) >= 11 is 1.79. The zero-order valence-electron chi connectivity index (χ0n) is 15.6. The molecule has 3 heterocycles. The van der Waals surface area contributed by atoms with E-state index in [2.05, 4.69) is 32.5 Å². The Labute approximate surface area is 164 Å². The summed E-state index contributed by atoms with van der Waals surface area (Å²) in [5, 5.41) is 5.07. The van der Waals surface area contributed by atoms with Crippen LogP contribution in [0.5, 0.6) is 0 Å². The van der Waals surface area contributed by atoms with Crippen molar-refractivity contribution < 1.29 is 13.2 Å². The fraction of sp³-hybridized carbons (Fsp3) is 0.500. The maximum Gasteiger partial charge on any atom is 0.267 e. The Kier molecular flexibility index (Phi) is 6.36. The Morgan fingerprint density at radius 3 is 2.70 bits per heavy atom. The SMILES string of the molecule is CNS(=O)(=O)c1cc(C(=O)NCC2CCN(Cc3cccs3)CC2)n(C)c1. The van der Waals surface area contributed by atoms with E-state index in [0.717, 1.165) is 32.5 Å². The summed E-state index contributed by atoms with van der Waals surface area (Å²) in [5.74, 6) is 0.213. The Balaban J connectivity index is 1.49. The Morgan fingerprint density at radius 1 is 1.33 bits per heavy atom. The average molecular weight is 411 g/mol. The van der Waals surface area contributed by atoms with Crippen LogP contribution in [0.4, 0.5) is 0 Å². The molecule has 27 heavy (non-hydrogen) atoms. The van der Waals surface area contributed by atoms with Gasteiger partial charge < -0.3 is 9.88 Å². The summed E-state index contributed by atoms with van der Waals surface area (Å²) < 4.78 is 27.6. The van der Waals surface area contributed by atoms with Crippen molar-refractivity contribution in [1.29, 1.82) is 0 Å². The lowest BCUT2D eigenvalue weighted by atomic mass is 9.96. The summed E-state index contributed by atoms with van der Waals surface area (Å²) in [7, 11) is -0.525. The molecule has 1 fully saturated rings. The van der Waals surface area contributed by atoms with Crippen LogP contribution in [0.25, 0.3) is 0 Å². The minimum atomic E-state index is -3.55. The predicted molar refractivity (Wildman–Crippen MR) is 106 cm³/mol. The van der Waals surface area contributed by atoms with E-state index < -0.39 is 10.0 Å². The first kappa shape index (κ1) is 20.1. The molecule has 2 aromatic rings. The molecule has 7 nitrogen and oxygen atoms in total. The number of aryl methyl sites for hydroxylation is 1. The maximum absolute atomic E-state index is 12.5. The van der Waals surface area contributed by atoms with Crippen LogP contribution in [-0.4, -0.2) is 50.5 Å². The van der Waals surface area contributed by atoms with Gasteiger partial charge in [0.15, 0.2) is 0 Å². The van der Waals surface area contributed by atoms with Gasteiger partial charge in [0.05, 0.1) is 0 Å². The van der Waals surface area contributed by atoms with E-state index >= 15 is 0 Å². The molecule has 0 aromatic carbocycles. The number of thiophene rings is 1. The monoisotopic (exact) mass is 410 g/mol. The van der Waals surface area contributed by atoms with Gasteiger partial charge in [-0.3, -0.25) is 9.69 Å². The first-order chi connectivity index (χ1) is 12.9. The van der Waals surface area contributed by atoms with Gasteiger partial charge >= 0.3 is 0 Å². The predicted octanol–water partition coefficient (Wildman–Crippen LogP) is 1.64. The second kappa shape index (κ2) is 8.55. The highest BCUT2D eigenvalue weighted by Gasteiger charge is 2.22. The van der Waals surface area contributed by atoms with Crippen molar-refractivity contribution >= 4 is 27.3 Å². The quantitative estimate of drug-likeness (QED) is 0.727. The van der Waals surface area contributed by atoms with E-state index in [1.807, 2.05) is 0 Å². The Morgan fingerprint density at radius 2 is 2.07 bits per heavy atom.